The maximum Gasteiger partial charge on any atom is 0.154 e. The van der Waals surface area contributed by atoms with Crippen LogP contribution in [0.15, 0.2) is 54.6 Å². The van der Waals surface area contributed by atoms with Crippen LogP contribution in [0, 0.1) is 11.3 Å². The van der Waals surface area contributed by atoms with Crippen LogP contribution in [0.4, 0.5) is 0 Å². The van der Waals surface area contributed by atoms with Crippen LogP contribution in [-0.4, -0.2) is 5.78 Å². The van der Waals surface area contributed by atoms with E-state index in [-0.39, 0.29) is 5.78 Å². The number of ketones is 1. The predicted molar refractivity (Wildman–Crippen MR) is 84.2 cm³/mol. The van der Waals surface area contributed by atoms with Crippen molar-refractivity contribution in [1.82, 2.24) is 0 Å². The van der Waals surface area contributed by atoms with E-state index in [1.165, 1.54) is 5.56 Å². The van der Waals surface area contributed by atoms with Crippen molar-refractivity contribution < 1.29 is 4.79 Å². The van der Waals surface area contributed by atoms with Crippen LogP contribution >= 0.6 is 11.6 Å². The summed E-state index contributed by atoms with van der Waals surface area (Å²) in [5.41, 5.74) is 1.89. The molecule has 0 aromatic heterocycles. The number of nitrogens with zero attached hydrogens (tertiary/aromatic N) is 1. The van der Waals surface area contributed by atoms with E-state index in [0.29, 0.717) is 17.0 Å². The summed E-state index contributed by atoms with van der Waals surface area (Å²) in [6.07, 6.45) is 2.00. The zero-order valence-corrected chi connectivity index (χ0v) is 12.4. The van der Waals surface area contributed by atoms with Crippen molar-refractivity contribution >= 4 is 17.4 Å². The van der Waals surface area contributed by atoms with Crippen molar-refractivity contribution in [2.75, 3.05) is 0 Å². The number of carbonyl (C=O) groups is 1. The van der Waals surface area contributed by atoms with Crippen LogP contribution in [0.1, 0.15) is 29.9 Å². The summed E-state index contributed by atoms with van der Waals surface area (Å²) < 4.78 is 0. The lowest BCUT2D eigenvalue weighted by Gasteiger charge is -2.09. The standard InChI is InChI=1S/C18H16ClNO/c19-16-10-5-9-15(12-16)17(13-20)18(21)11-4-8-14-6-2-1-3-7-14/h1-3,5-7,9-10,12,17H,4,8,11H2. The Morgan fingerprint density at radius 2 is 1.90 bits per heavy atom. The first-order valence-electron chi connectivity index (χ1n) is 6.92. The third kappa shape index (κ3) is 4.44. The maximum absolute atomic E-state index is 12.2. The first kappa shape index (κ1) is 15.3. The molecule has 21 heavy (non-hydrogen) atoms. The van der Waals surface area contributed by atoms with Gasteiger partial charge < -0.3 is 0 Å². The number of carbonyl (C=O) groups excluding carboxylic acids is 1. The van der Waals surface area contributed by atoms with E-state index in [9.17, 15) is 10.1 Å². The Hall–Kier alpha value is -2.11. The van der Waals surface area contributed by atoms with Gasteiger partial charge in [0.1, 0.15) is 5.92 Å². The number of nitriles is 1. The monoisotopic (exact) mass is 297 g/mol. The number of Topliss-reactive ketones (excluding diaryl/α,β-unsaturated/α-hetero) is 1. The normalized spacial score (nSPS) is 11.6. The van der Waals surface area contributed by atoms with E-state index in [1.807, 2.05) is 30.3 Å². The van der Waals surface area contributed by atoms with Gasteiger partial charge in [0.05, 0.1) is 6.07 Å². The lowest BCUT2D eigenvalue weighted by Crippen LogP contribution is -2.11. The van der Waals surface area contributed by atoms with E-state index >= 15 is 0 Å². The molecule has 0 N–H and O–H groups in total. The third-order valence-electron chi connectivity index (χ3n) is 3.36. The van der Waals surface area contributed by atoms with Crippen LogP contribution < -0.4 is 0 Å². The minimum absolute atomic E-state index is 0.0457. The molecule has 0 saturated heterocycles. The average Bonchev–Trinajstić information content (AvgIpc) is 2.49. The summed E-state index contributed by atoms with van der Waals surface area (Å²) in [5, 5.41) is 9.79. The number of aryl methyl sites for hydroxylation is 1. The summed E-state index contributed by atoms with van der Waals surface area (Å²) in [4.78, 5) is 12.2. The Morgan fingerprint density at radius 1 is 1.14 bits per heavy atom. The molecule has 2 nitrogen and oxygen atoms in total. The average molecular weight is 298 g/mol. The van der Waals surface area contributed by atoms with Crippen LogP contribution in [0.25, 0.3) is 0 Å². The van der Waals surface area contributed by atoms with Gasteiger partial charge in [-0.15, -0.1) is 0 Å². The summed E-state index contributed by atoms with van der Waals surface area (Å²) in [6, 6.07) is 19.1. The van der Waals surface area contributed by atoms with Gasteiger partial charge >= 0.3 is 0 Å². The fourth-order valence-corrected chi connectivity index (χ4v) is 2.47. The number of halogens is 1. The molecule has 0 aliphatic rings. The molecule has 2 rings (SSSR count). The van der Waals surface area contributed by atoms with Gasteiger partial charge in [0.25, 0.3) is 0 Å². The van der Waals surface area contributed by atoms with E-state index < -0.39 is 5.92 Å². The van der Waals surface area contributed by atoms with Crippen LogP contribution in [0.5, 0.6) is 0 Å². The fraction of sp³-hybridized carbons (Fsp3) is 0.222. The molecule has 106 valence electrons. The van der Waals surface area contributed by atoms with Crippen molar-refractivity contribution in [1.29, 1.82) is 5.26 Å². The second-order valence-corrected chi connectivity index (χ2v) is 5.36. The number of rotatable bonds is 6. The van der Waals surface area contributed by atoms with E-state index in [0.717, 1.165) is 12.8 Å². The first-order chi connectivity index (χ1) is 10.2. The zero-order chi connectivity index (χ0) is 15.1. The molecule has 1 unspecified atom stereocenters. The van der Waals surface area contributed by atoms with Gasteiger partial charge in [-0.1, -0.05) is 54.1 Å². The minimum atomic E-state index is -0.723. The van der Waals surface area contributed by atoms with Gasteiger partial charge in [-0.3, -0.25) is 4.79 Å². The highest BCUT2D eigenvalue weighted by atomic mass is 35.5. The van der Waals surface area contributed by atoms with Crippen molar-refractivity contribution in [2.45, 2.75) is 25.2 Å². The summed E-state index contributed by atoms with van der Waals surface area (Å²) in [7, 11) is 0. The predicted octanol–water partition coefficient (Wildman–Crippen LogP) is 4.54. The van der Waals surface area contributed by atoms with Crippen LogP contribution in [-0.2, 0) is 11.2 Å². The van der Waals surface area contributed by atoms with Gasteiger partial charge in [-0.2, -0.15) is 5.26 Å². The number of hydrogen-bond acceptors (Lipinski definition) is 2. The van der Waals surface area contributed by atoms with Crippen molar-refractivity contribution in [2.24, 2.45) is 0 Å². The SMILES string of the molecule is N#CC(C(=O)CCCc1ccccc1)c1cccc(Cl)c1. The highest BCUT2D eigenvalue weighted by Crippen LogP contribution is 2.22. The molecule has 1 atom stereocenters. The fourth-order valence-electron chi connectivity index (χ4n) is 2.27. The van der Waals surface area contributed by atoms with Gasteiger partial charge in [-0.25, -0.2) is 0 Å². The van der Waals surface area contributed by atoms with E-state index in [1.54, 1.807) is 24.3 Å². The molecule has 0 spiro atoms. The molecule has 0 fully saturated rings. The summed E-state index contributed by atoms with van der Waals surface area (Å²) in [6.45, 7) is 0. The molecule has 0 aliphatic carbocycles. The minimum Gasteiger partial charge on any atom is -0.298 e. The molecule has 0 bridgehead atoms. The number of benzene rings is 2. The molecule has 2 aromatic rings. The topological polar surface area (TPSA) is 40.9 Å². The molecule has 0 amide bonds. The van der Waals surface area contributed by atoms with Gasteiger partial charge in [-0.05, 0) is 36.1 Å². The Morgan fingerprint density at radius 3 is 2.57 bits per heavy atom. The largest absolute Gasteiger partial charge is 0.298 e. The van der Waals surface area contributed by atoms with Crippen LogP contribution in [0.3, 0.4) is 0 Å². The smallest absolute Gasteiger partial charge is 0.154 e. The maximum atomic E-state index is 12.2. The van der Waals surface area contributed by atoms with Crippen molar-refractivity contribution in [3.63, 3.8) is 0 Å². The van der Waals surface area contributed by atoms with Crippen molar-refractivity contribution in [3.05, 3.63) is 70.7 Å². The quantitative estimate of drug-likeness (QED) is 0.785. The number of hydrogen-bond donors (Lipinski definition) is 0. The highest BCUT2D eigenvalue weighted by molar-refractivity contribution is 6.30. The Bertz CT molecular complexity index is 646. The Labute approximate surface area is 130 Å². The summed E-state index contributed by atoms with van der Waals surface area (Å²) >= 11 is 5.91. The second kappa shape index (κ2) is 7.61. The summed E-state index contributed by atoms with van der Waals surface area (Å²) in [5.74, 6) is -0.768. The van der Waals surface area contributed by atoms with E-state index in [4.69, 9.17) is 11.6 Å². The molecule has 0 saturated carbocycles. The first-order valence-corrected chi connectivity index (χ1v) is 7.30. The second-order valence-electron chi connectivity index (χ2n) is 4.92. The third-order valence-corrected chi connectivity index (χ3v) is 3.60. The van der Waals surface area contributed by atoms with Crippen LogP contribution in [0.2, 0.25) is 5.02 Å². The molecule has 0 radical (unpaired) electrons. The molecular formula is C18H16ClNO. The Balaban J connectivity index is 1.94. The molecular weight excluding hydrogens is 282 g/mol. The Kier molecular flexibility index (Phi) is 5.54. The van der Waals surface area contributed by atoms with Gasteiger partial charge in [0, 0.05) is 11.4 Å². The molecule has 0 aliphatic heterocycles. The lowest BCUT2D eigenvalue weighted by atomic mass is 9.92. The van der Waals surface area contributed by atoms with E-state index in [2.05, 4.69) is 6.07 Å². The van der Waals surface area contributed by atoms with Crippen molar-refractivity contribution in [3.8, 4) is 6.07 Å². The highest BCUT2D eigenvalue weighted by Gasteiger charge is 2.19. The van der Waals surface area contributed by atoms with Gasteiger partial charge in [0.2, 0.25) is 0 Å². The molecule has 0 heterocycles. The lowest BCUT2D eigenvalue weighted by molar-refractivity contribution is -0.119. The molecule has 3 heteroatoms. The van der Waals surface area contributed by atoms with Gasteiger partial charge in [0.15, 0.2) is 5.78 Å². The zero-order valence-electron chi connectivity index (χ0n) is 11.6. The molecule has 2 aromatic carbocycles.